The molecule has 0 unspecified atom stereocenters. The number of aryl methyl sites for hydroxylation is 2. The molecule has 1 aromatic carbocycles. The van der Waals surface area contributed by atoms with Crippen molar-refractivity contribution in [3.8, 4) is 10.6 Å². The van der Waals surface area contributed by atoms with Crippen LogP contribution in [0.4, 0.5) is 5.69 Å². The van der Waals surface area contributed by atoms with Gasteiger partial charge in [-0.3, -0.25) is 4.72 Å². The van der Waals surface area contributed by atoms with Gasteiger partial charge in [0.05, 0.1) is 27.7 Å². The van der Waals surface area contributed by atoms with E-state index in [9.17, 15) is 13.2 Å². The number of anilines is 1. The van der Waals surface area contributed by atoms with Crippen molar-refractivity contribution in [1.82, 2.24) is 4.98 Å². The fourth-order valence-electron chi connectivity index (χ4n) is 2.43. The molecule has 0 saturated carbocycles. The summed E-state index contributed by atoms with van der Waals surface area (Å²) in [5, 5.41) is 2.85. The zero-order valence-electron chi connectivity index (χ0n) is 15.0. The van der Waals surface area contributed by atoms with Gasteiger partial charge in [-0.05, 0) is 51.1 Å². The number of nitrogens with zero attached hydrogens (tertiary/aromatic N) is 1. The maximum Gasteiger partial charge on any atom is 0.338 e. The first-order valence-corrected chi connectivity index (χ1v) is 11.3. The van der Waals surface area contributed by atoms with Crippen LogP contribution in [0.25, 0.3) is 10.6 Å². The maximum absolute atomic E-state index is 12.8. The minimum atomic E-state index is -3.75. The van der Waals surface area contributed by atoms with Crippen LogP contribution in [0.3, 0.4) is 0 Å². The lowest BCUT2D eigenvalue weighted by Gasteiger charge is -2.08. The molecule has 142 valence electrons. The van der Waals surface area contributed by atoms with E-state index in [-0.39, 0.29) is 11.5 Å². The minimum Gasteiger partial charge on any atom is -0.462 e. The SMILES string of the molecule is CCOC(=O)c1ccc(NS(=O)(=O)c2cc(-c3csc(C)n3)sc2C)cc1. The van der Waals surface area contributed by atoms with Crippen molar-refractivity contribution in [2.75, 3.05) is 11.3 Å². The second-order valence-electron chi connectivity index (χ2n) is 5.69. The summed E-state index contributed by atoms with van der Waals surface area (Å²) in [5.41, 5.74) is 1.53. The first-order valence-electron chi connectivity index (χ1n) is 8.13. The lowest BCUT2D eigenvalue weighted by molar-refractivity contribution is 0.0526. The first-order chi connectivity index (χ1) is 12.8. The van der Waals surface area contributed by atoms with Crippen molar-refractivity contribution in [3.05, 3.63) is 51.2 Å². The number of hydrogen-bond acceptors (Lipinski definition) is 7. The van der Waals surface area contributed by atoms with Crippen LogP contribution >= 0.6 is 22.7 Å². The zero-order chi connectivity index (χ0) is 19.6. The summed E-state index contributed by atoms with van der Waals surface area (Å²) in [6, 6.07) is 7.77. The zero-order valence-corrected chi connectivity index (χ0v) is 17.4. The Kier molecular flexibility index (Phi) is 5.64. The lowest BCUT2D eigenvalue weighted by atomic mass is 10.2. The highest BCUT2D eigenvalue weighted by atomic mass is 32.2. The Labute approximate surface area is 165 Å². The Morgan fingerprint density at radius 1 is 1.22 bits per heavy atom. The van der Waals surface area contributed by atoms with Gasteiger partial charge < -0.3 is 4.74 Å². The molecule has 0 aliphatic rings. The van der Waals surface area contributed by atoms with Crippen LogP contribution in [0, 0.1) is 13.8 Å². The largest absolute Gasteiger partial charge is 0.462 e. The molecular weight excluding hydrogens is 404 g/mol. The van der Waals surface area contributed by atoms with Crippen molar-refractivity contribution < 1.29 is 17.9 Å². The van der Waals surface area contributed by atoms with Crippen molar-refractivity contribution in [3.63, 3.8) is 0 Å². The Bertz CT molecular complexity index is 1070. The minimum absolute atomic E-state index is 0.225. The standard InChI is InChI=1S/C18H18N2O4S3/c1-4-24-18(21)13-5-7-14(8-6-13)20-27(22,23)17-9-16(26-11(17)2)15-10-25-12(3)19-15/h5-10,20H,4H2,1-3H3. The van der Waals surface area contributed by atoms with Gasteiger partial charge in [-0.25, -0.2) is 18.2 Å². The molecule has 9 heteroatoms. The number of thiazole rings is 1. The number of rotatable bonds is 6. The molecule has 1 N–H and O–H groups in total. The third-order valence-electron chi connectivity index (χ3n) is 3.68. The highest BCUT2D eigenvalue weighted by molar-refractivity contribution is 7.93. The molecule has 0 radical (unpaired) electrons. The second kappa shape index (κ2) is 7.79. The molecule has 2 aromatic heterocycles. The Hall–Kier alpha value is -2.23. The summed E-state index contributed by atoms with van der Waals surface area (Å²) in [7, 11) is -3.75. The van der Waals surface area contributed by atoms with Gasteiger partial charge in [0, 0.05) is 15.9 Å². The summed E-state index contributed by atoms with van der Waals surface area (Å²) in [6.07, 6.45) is 0. The van der Waals surface area contributed by atoms with Crippen LogP contribution in [0.15, 0.2) is 40.6 Å². The van der Waals surface area contributed by atoms with Gasteiger partial charge in [0.1, 0.15) is 4.90 Å². The number of carbonyl (C=O) groups excluding carboxylic acids is 1. The number of nitrogens with one attached hydrogen (secondary N) is 1. The molecule has 3 rings (SSSR count). The molecule has 27 heavy (non-hydrogen) atoms. The van der Waals surface area contributed by atoms with E-state index in [4.69, 9.17) is 4.74 Å². The third-order valence-corrected chi connectivity index (χ3v) is 7.16. The third kappa shape index (κ3) is 4.37. The number of hydrogen-bond donors (Lipinski definition) is 1. The summed E-state index contributed by atoms with van der Waals surface area (Å²) >= 11 is 2.92. The van der Waals surface area contributed by atoms with E-state index in [1.807, 2.05) is 12.3 Å². The van der Waals surface area contributed by atoms with E-state index in [0.29, 0.717) is 16.1 Å². The van der Waals surface area contributed by atoms with Gasteiger partial charge in [-0.2, -0.15) is 0 Å². The van der Waals surface area contributed by atoms with Crippen LogP contribution in [0.5, 0.6) is 0 Å². The monoisotopic (exact) mass is 422 g/mol. The predicted molar refractivity (Wildman–Crippen MR) is 108 cm³/mol. The van der Waals surface area contributed by atoms with E-state index in [2.05, 4.69) is 9.71 Å². The van der Waals surface area contributed by atoms with Gasteiger partial charge in [-0.1, -0.05) is 0 Å². The quantitative estimate of drug-likeness (QED) is 0.593. The number of aromatic nitrogens is 1. The first kappa shape index (κ1) is 19.5. The molecule has 0 bridgehead atoms. The average Bonchev–Trinajstić information content (AvgIpc) is 3.21. The molecule has 0 fully saturated rings. The molecule has 2 heterocycles. The molecule has 3 aromatic rings. The molecule has 0 aliphatic heterocycles. The molecule has 6 nitrogen and oxygen atoms in total. The van der Waals surface area contributed by atoms with Crippen LogP contribution in [0.2, 0.25) is 0 Å². The Morgan fingerprint density at radius 2 is 1.93 bits per heavy atom. The van der Waals surface area contributed by atoms with E-state index in [1.165, 1.54) is 46.9 Å². The number of sulfonamides is 1. The van der Waals surface area contributed by atoms with Crippen LogP contribution < -0.4 is 4.72 Å². The van der Waals surface area contributed by atoms with Crippen molar-refractivity contribution >= 4 is 44.4 Å². The molecule has 0 amide bonds. The summed E-state index contributed by atoms with van der Waals surface area (Å²) in [4.78, 5) is 17.8. The van der Waals surface area contributed by atoms with Crippen LogP contribution in [-0.2, 0) is 14.8 Å². The number of benzene rings is 1. The van der Waals surface area contributed by atoms with Gasteiger partial charge in [0.15, 0.2) is 0 Å². The highest BCUT2D eigenvalue weighted by Crippen LogP contribution is 2.34. The molecule has 0 saturated heterocycles. The summed E-state index contributed by atoms with van der Waals surface area (Å²) < 4.78 is 33.0. The molecular formula is C18H18N2O4S3. The van der Waals surface area contributed by atoms with E-state index in [0.717, 1.165) is 15.6 Å². The fraction of sp³-hybridized carbons (Fsp3) is 0.222. The van der Waals surface area contributed by atoms with Crippen molar-refractivity contribution in [1.29, 1.82) is 0 Å². The summed E-state index contributed by atoms with van der Waals surface area (Å²) in [5.74, 6) is -0.441. The van der Waals surface area contributed by atoms with Crippen molar-refractivity contribution in [2.45, 2.75) is 25.7 Å². The second-order valence-corrected chi connectivity index (χ2v) is 9.66. The van der Waals surface area contributed by atoms with Gasteiger partial charge in [0.25, 0.3) is 10.0 Å². The van der Waals surface area contributed by atoms with Crippen molar-refractivity contribution in [2.24, 2.45) is 0 Å². The van der Waals surface area contributed by atoms with Gasteiger partial charge in [-0.15, -0.1) is 22.7 Å². The molecule has 0 spiro atoms. The van der Waals surface area contributed by atoms with E-state index >= 15 is 0 Å². The number of carbonyl (C=O) groups is 1. The van der Waals surface area contributed by atoms with Crippen LogP contribution in [-0.4, -0.2) is 26.0 Å². The number of ether oxygens (including phenoxy) is 1. The Balaban J connectivity index is 1.83. The Morgan fingerprint density at radius 3 is 2.52 bits per heavy atom. The molecule has 0 atom stereocenters. The number of esters is 1. The maximum atomic E-state index is 12.8. The van der Waals surface area contributed by atoms with E-state index in [1.54, 1.807) is 19.9 Å². The highest BCUT2D eigenvalue weighted by Gasteiger charge is 2.21. The molecule has 0 aliphatic carbocycles. The normalized spacial score (nSPS) is 11.4. The fourth-order valence-corrected chi connectivity index (χ4v) is 5.73. The van der Waals surface area contributed by atoms with Gasteiger partial charge >= 0.3 is 5.97 Å². The smallest absolute Gasteiger partial charge is 0.338 e. The topological polar surface area (TPSA) is 85.4 Å². The lowest BCUT2D eigenvalue weighted by Crippen LogP contribution is -2.13. The van der Waals surface area contributed by atoms with Crippen LogP contribution in [0.1, 0.15) is 27.2 Å². The predicted octanol–water partition coefficient (Wildman–Crippen LogP) is 4.47. The average molecular weight is 423 g/mol. The number of thiophene rings is 1. The van der Waals surface area contributed by atoms with E-state index < -0.39 is 16.0 Å². The summed E-state index contributed by atoms with van der Waals surface area (Å²) in [6.45, 7) is 5.69. The van der Waals surface area contributed by atoms with Gasteiger partial charge in [0.2, 0.25) is 0 Å².